The number of pyridine rings is 1. The number of nitrogens with one attached hydrogen (secondary N) is 2. The number of benzene rings is 2. The van der Waals surface area contributed by atoms with Gasteiger partial charge in [0.05, 0.1) is 43.2 Å². The number of likely N-dealkylation sites (N-methyl/N-ethyl adjacent to an activating group) is 1. The molecule has 1 atom stereocenters. The molecule has 4 heterocycles. The SMILES string of the molecule is COc1cc(C(=O)Nc2cccc(-c3cccc(NC(=O)c4nc5c(n4C)CCN(C)C5)c3Cl)c2C)ncc1CN1C[C@](F)(CO)COC1=C=O. The molecule has 15 heteroatoms. The molecule has 4 aromatic rings. The molecule has 266 valence electrons. The van der Waals surface area contributed by atoms with Crippen molar-refractivity contribution in [3.8, 4) is 16.9 Å². The van der Waals surface area contributed by atoms with Gasteiger partial charge >= 0.3 is 0 Å². The fourth-order valence-electron chi connectivity index (χ4n) is 6.30. The summed E-state index contributed by atoms with van der Waals surface area (Å²) < 4.78 is 27.3. The lowest BCUT2D eigenvalue weighted by Gasteiger charge is -2.37. The molecule has 0 radical (unpaired) electrons. The number of aromatic nitrogens is 3. The lowest BCUT2D eigenvalue weighted by Crippen LogP contribution is -2.50. The second kappa shape index (κ2) is 14.5. The molecule has 0 bridgehead atoms. The Balaban J connectivity index is 1.19. The van der Waals surface area contributed by atoms with Gasteiger partial charge in [0.1, 0.15) is 18.1 Å². The molecule has 2 aromatic carbocycles. The molecule has 6 rings (SSSR count). The normalized spacial score (nSPS) is 17.3. The van der Waals surface area contributed by atoms with Crippen molar-refractivity contribution in [1.82, 2.24) is 24.3 Å². The number of ether oxygens (including phenoxy) is 2. The number of methoxy groups -OCH3 is 1. The van der Waals surface area contributed by atoms with Crippen LogP contribution in [0.2, 0.25) is 5.02 Å². The van der Waals surface area contributed by atoms with E-state index in [9.17, 15) is 23.9 Å². The number of hydrogen-bond acceptors (Lipinski definition) is 10. The van der Waals surface area contributed by atoms with Crippen molar-refractivity contribution in [2.24, 2.45) is 7.05 Å². The first-order chi connectivity index (χ1) is 24.4. The Hall–Kier alpha value is -5.27. The summed E-state index contributed by atoms with van der Waals surface area (Å²) in [6, 6.07) is 12.2. The van der Waals surface area contributed by atoms with Crippen molar-refractivity contribution in [2.45, 2.75) is 32.1 Å². The van der Waals surface area contributed by atoms with Gasteiger partial charge in [0, 0.05) is 61.3 Å². The van der Waals surface area contributed by atoms with E-state index in [0.717, 1.165) is 35.5 Å². The maximum absolute atomic E-state index is 14.8. The third-order valence-electron chi connectivity index (χ3n) is 9.13. The number of nitrogens with zero attached hydrogens (tertiary/aromatic N) is 5. The van der Waals surface area contributed by atoms with Crippen LogP contribution in [0.3, 0.4) is 0 Å². The zero-order chi connectivity index (χ0) is 36.4. The van der Waals surface area contributed by atoms with E-state index in [0.29, 0.717) is 39.9 Å². The zero-order valence-corrected chi connectivity index (χ0v) is 29.3. The van der Waals surface area contributed by atoms with Crippen molar-refractivity contribution in [3.05, 3.63) is 93.6 Å². The summed E-state index contributed by atoms with van der Waals surface area (Å²) in [5.74, 6) is 1.14. The molecule has 0 aliphatic carbocycles. The van der Waals surface area contributed by atoms with Crippen LogP contribution in [-0.4, -0.2) is 93.3 Å². The highest BCUT2D eigenvalue weighted by Crippen LogP contribution is 2.38. The topological polar surface area (TPSA) is 151 Å². The number of anilines is 2. The van der Waals surface area contributed by atoms with E-state index in [1.165, 1.54) is 24.3 Å². The minimum absolute atomic E-state index is 0.0435. The molecular weight excluding hydrogens is 681 g/mol. The monoisotopic (exact) mass is 717 g/mol. The molecule has 0 unspecified atom stereocenters. The van der Waals surface area contributed by atoms with E-state index in [2.05, 4.69) is 25.5 Å². The number of aliphatic hydroxyl groups excluding tert-OH is 1. The average molecular weight is 718 g/mol. The fourth-order valence-corrected chi connectivity index (χ4v) is 6.57. The highest BCUT2D eigenvalue weighted by atomic mass is 35.5. The molecule has 51 heavy (non-hydrogen) atoms. The molecule has 2 aliphatic rings. The number of amides is 2. The van der Waals surface area contributed by atoms with Gasteiger partial charge in [0.25, 0.3) is 17.7 Å². The molecule has 1 fully saturated rings. The number of carbonyl (C=O) groups is 2. The number of halogens is 2. The van der Waals surface area contributed by atoms with Crippen molar-refractivity contribution in [1.29, 1.82) is 0 Å². The van der Waals surface area contributed by atoms with E-state index in [1.54, 1.807) is 30.2 Å². The number of imidazole rings is 1. The number of rotatable bonds is 9. The number of hydrogen-bond donors (Lipinski definition) is 3. The molecule has 2 aromatic heterocycles. The van der Waals surface area contributed by atoms with Crippen LogP contribution in [-0.2, 0) is 36.1 Å². The summed E-state index contributed by atoms with van der Waals surface area (Å²) in [6.45, 7) is 1.80. The summed E-state index contributed by atoms with van der Waals surface area (Å²) >= 11 is 6.89. The molecule has 13 nitrogen and oxygen atoms in total. The number of aliphatic hydroxyl groups is 1. The first-order valence-electron chi connectivity index (χ1n) is 16.1. The van der Waals surface area contributed by atoms with Gasteiger partial charge in [-0.3, -0.25) is 14.6 Å². The Morgan fingerprint density at radius 3 is 2.59 bits per heavy atom. The highest BCUT2D eigenvalue weighted by Gasteiger charge is 2.39. The Morgan fingerprint density at radius 2 is 1.86 bits per heavy atom. The molecule has 3 N–H and O–H groups in total. The Bertz CT molecular complexity index is 2070. The number of fused-ring (bicyclic) bond motifs is 1. The third-order valence-corrected chi connectivity index (χ3v) is 9.53. The summed E-state index contributed by atoms with van der Waals surface area (Å²) in [6.07, 6.45) is 2.20. The van der Waals surface area contributed by atoms with Gasteiger partial charge in [-0.15, -0.1) is 0 Å². The Kier molecular flexibility index (Phi) is 10.1. The van der Waals surface area contributed by atoms with Gasteiger partial charge in [-0.1, -0.05) is 35.9 Å². The molecule has 1 saturated heterocycles. The minimum Gasteiger partial charge on any atom is -0.496 e. The molecule has 0 saturated carbocycles. The van der Waals surface area contributed by atoms with Crippen LogP contribution in [0.4, 0.5) is 15.8 Å². The van der Waals surface area contributed by atoms with E-state index in [1.807, 2.05) is 37.7 Å². The van der Waals surface area contributed by atoms with Crippen molar-refractivity contribution >= 4 is 40.7 Å². The predicted octanol–water partition coefficient (Wildman–Crippen LogP) is 4.15. The van der Waals surface area contributed by atoms with Gasteiger partial charge < -0.3 is 39.6 Å². The highest BCUT2D eigenvalue weighted by molar-refractivity contribution is 6.36. The second-order valence-electron chi connectivity index (χ2n) is 12.7. The fraction of sp³-hybridized carbons (Fsp3) is 0.333. The van der Waals surface area contributed by atoms with E-state index in [4.69, 9.17) is 21.1 Å². The summed E-state index contributed by atoms with van der Waals surface area (Å²) in [5.41, 5.74) is 3.39. The summed E-state index contributed by atoms with van der Waals surface area (Å²) in [5, 5.41) is 15.6. The number of alkyl halides is 1. The lowest BCUT2D eigenvalue weighted by atomic mass is 9.98. The van der Waals surface area contributed by atoms with Crippen molar-refractivity contribution in [3.63, 3.8) is 0 Å². The Morgan fingerprint density at radius 1 is 1.14 bits per heavy atom. The van der Waals surface area contributed by atoms with Gasteiger partial charge in [-0.2, -0.15) is 0 Å². The van der Waals surface area contributed by atoms with Gasteiger partial charge in [0.2, 0.25) is 0 Å². The van der Waals surface area contributed by atoms with Gasteiger partial charge in [0.15, 0.2) is 17.4 Å². The molecular formula is C36H37ClFN7O6. The lowest BCUT2D eigenvalue weighted by molar-refractivity contribution is -0.0780. The molecule has 2 aliphatic heterocycles. The molecule has 2 amide bonds. The Labute approximate surface area is 298 Å². The largest absolute Gasteiger partial charge is 0.496 e. The maximum atomic E-state index is 14.8. The zero-order valence-electron chi connectivity index (χ0n) is 28.5. The smallest absolute Gasteiger partial charge is 0.291 e. The standard InChI is InChI=1S/C36H37ClFN7O6/c1-21-23(24-8-6-10-26(32(24)37)42-35(49)33-40-28-16-43(2)12-11-29(28)44(33)3)7-5-9-25(21)41-34(48)27-13-30(50-4)22(14-39-27)15-45-18-36(38,19-47)20-51-31(45)17-46/h5-10,13-14,47H,11-12,15-16,18-20H2,1-4H3,(H,41,48)(H,42,49)/t36-/m0/s1. The first-order valence-corrected chi connectivity index (χ1v) is 16.5. The van der Waals surface area contributed by atoms with Crippen LogP contribution in [0.1, 0.15) is 43.6 Å². The van der Waals surface area contributed by atoms with Crippen LogP contribution in [0.15, 0.2) is 54.5 Å². The van der Waals surface area contributed by atoms with E-state index >= 15 is 0 Å². The van der Waals surface area contributed by atoms with Crippen LogP contribution >= 0.6 is 11.6 Å². The quantitative estimate of drug-likeness (QED) is 0.216. The third kappa shape index (κ3) is 7.17. The summed E-state index contributed by atoms with van der Waals surface area (Å²) in [4.78, 5) is 50.6. The van der Waals surface area contributed by atoms with E-state index < -0.39 is 24.8 Å². The second-order valence-corrected chi connectivity index (χ2v) is 13.0. The minimum atomic E-state index is -2.07. The van der Waals surface area contributed by atoms with Crippen molar-refractivity contribution < 1.29 is 33.4 Å². The first kappa shape index (κ1) is 35.6. The predicted molar refractivity (Wildman–Crippen MR) is 188 cm³/mol. The number of carbonyl (C=O) groups excluding carboxylic acids is 3. The van der Waals surface area contributed by atoms with Crippen LogP contribution < -0.4 is 15.4 Å². The van der Waals surface area contributed by atoms with E-state index in [-0.39, 0.29) is 36.3 Å². The van der Waals surface area contributed by atoms with Gasteiger partial charge in [-0.25, -0.2) is 14.2 Å². The van der Waals surface area contributed by atoms with Crippen molar-refractivity contribution in [2.75, 3.05) is 51.1 Å². The van der Waals surface area contributed by atoms with Crippen LogP contribution in [0.25, 0.3) is 11.1 Å². The average Bonchev–Trinajstić information content (AvgIpc) is 3.45. The summed E-state index contributed by atoms with van der Waals surface area (Å²) in [7, 11) is 5.27. The van der Waals surface area contributed by atoms with Gasteiger partial charge in [-0.05, 0) is 37.2 Å². The maximum Gasteiger partial charge on any atom is 0.291 e. The molecule has 0 spiro atoms. The van der Waals surface area contributed by atoms with Crippen LogP contribution in [0, 0.1) is 6.92 Å². The van der Waals surface area contributed by atoms with Crippen LogP contribution in [0.5, 0.6) is 5.75 Å².